The topological polar surface area (TPSA) is 49.3 Å². The SMILES string of the molecule is CCSCCC(C)NC(=O)c1ccc(O)c(C)c1. The molecular formula is C14H21NO2S. The molecule has 0 heterocycles. The fourth-order valence-electron chi connectivity index (χ4n) is 1.58. The van der Waals surface area contributed by atoms with E-state index < -0.39 is 0 Å². The molecule has 2 N–H and O–H groups in total. The Morgan fingerprint density at radius 1 is 1.50 bits per heavy atom. The molecule has 0 aliphatic heterocycles. The smallest absolute Gasteiger partial charge is 0.251 e. The van der Waals surface area contributed by atoms with Gasteiger partial charge in [0.25, 0.3) is 5.91 Å². The first-order valence-corrected chi connectivity index (χ1v) is 7.38. The highest BCUT2D eigenvalue weighted by atomic mass is 32.2. The number of aromatic hydroxyl groups is 1. The normalized spacial score (nSPS) is 12.2. The first-order valence-electron chi connectivity index (χ1n) is 6.22. The highest BCUT2D eigenvalue weighted by Crippen LogP contribution is 2.17. The molecule has 0 spiro atoms. The number of benzene rings is 1. The van der Waals surface area contributed by atoms with Gasteiger partial charge >= 0.3 is 0 Å². The van der Waals surface area contributed by atoms with Crippen molar-refractivity contribution in [1.29, 1.82) is 0 Å². The van der Waals surface area contributed by atoms with E-state index in [4.69, 9.17) is 0 Å². The molecule has 1 aromatic carbocycles. The molecular weight excluding hydrogens is 246 g/mol. The van der Waals surface area contributed by atoms with Crippen molar-refractivity contribution in [2.45, 2.75) is 33.2 Å². The largest absolute Gasteiger partial charge is 0.508 e. The van der Waals surface area contributed by atoms with Gasteiger partial charge in [-0.05, 0) is 55.5 Å². The zero-order valence-electron chi connectivity index (χ0n) is 11.2. The van der Waals surface area contributed by atoms with Crippen LogP contribution in [0.25, 0.3) is 0 Å². The summed E-state index contributed by atoms with van der Waals surface area (Å²) in [5.74, 6) is 2.32. The summed E-state index contributed by atoms with van der Waals surface area (Å²) in [6.45, 7) is 5.93. The Bertz CT molecular complexity index is 407. The van der Waals surface area contributed by atoms with Crippen LogP contribution in [0.2, 0.25) is 0 Å². The van der Waals surface area contributed by atoms with Gasteiger partial charge < -0.3 is 10.4 Å². The highest BCUT2D eigenvalue weighted by Gasteiger charge is 2.10. The second-order valence-corrected chi connectivity index (χ2v) is 5.76. The van der Waals surface area contributed by atoms with Gasteiger partial charge in [0.1, 0.15) is 5.75 Å². The van der Waals surface area contributed by atoms with Crippen LogP contribution in [0.4, 0.5) is 0 Å². The number of hydrogen-bond acceptors (Lipinski definition) is 3. The molecule has 4 heteroatoms. The number of carbonyl (C=O) groups is 1. The van der Waals surface area contributed by atoms with Crippen molar-refractivity contribution in [1.82, 2.24) is 5.32 Å². The third kappa shape index (κ3) is 4.61. The molecule has 3 nitrogen and oxygen atoms in total. The predicted octanol–water partition coefficient (Wildman–Crippen LogP) is 2.96. The Morgan fingerprint density at radius 3 is 2.83 bits per heavy atom. The molecule has 1 rings (SSSR count). The fourth-order valence-corrected chi connectivity index (χ4v) is 2.39. The number of nitrogens with one attached hydrogen (secondary N) is 1. The summed E-state index contributed by atoms with van der Waals surface area (Å²) < 4.78 is 0. The Balaban J connectivity index is 2.51. The maximum absolute atomic E-state index is 12.0. The van der Waals surface area contributed by atoms with Crippen molar-refractivity contribution in [3.05, 3.63) is 29.3 Å². The van der Waals surface area contributed by atoms with E-state index in [1.807, 2.05) is 18.7 Å². The molecule has 0 aromatic heterocycles. The van der Waals surface area contributed by atoms with Crippen LogP contribution in [-0.2, 0) is 0 Å². The molecule has 1 unspecified atom stereocenters. The third-order valence-electron chi connectivity index (χ3n) is 2.74. The number of hydrogen-bond donors (Lipinski definition) is 2. The minimum absolute atomic E-state index is 0.0768. The molecule has 0 saturated heterocycles. The van der Waals surface area contributed by atoms with E-state index in [1.54, 1.807) is 25.1 Å². The van der Waals surface area contributed by atoms with Crippen molar-refractivity contribution in [3.63, 3.8) is 0 Å². The van der Waals surface area contributed by atoms with Crippen LogP contribution in [0, 0.1) is 6.92 Å². The number of phenolic OH excluding ortho intramolecular Hbond substituents is 1. The summed E-state index contributed by atoms with van der Waals surface area (Å²) in [5, 5.41) is 12.4. The number of thioether (sulfide) groups is 1. The number of aryl methyl sites for hydroxylation is 1. The second kappa shape index (κ2) is 7.31. The number of phenols is 1. The van der Waals surface area contributed by atoms with E-state index in [2.05, 4.69) is 12.2 Å². The average Bonchev–Trinajstić information content (AvgIpc) is 2.33. The van der Waals surface area contributed by atoms with E-state index in [0.717, 1.165) is 23.5 Å². The number of amides is 1. The molecule has 0 fully saturated rings. The maximum Gasteiger partial charge on any atom is 0.251 e. The van der Waals surface area contributed by atoms with Crippen molar-refractivity contribution in [2.24, 2.45) is 0 Å². The fraction of sp³-hybridized carbons (Fsp3) is 0.500. The van der Waals surface area contributed by atoms with Gasteiger partial charge in [0.05, 0.1) is 0 Å². The Kier molecular flexibility index (Phi) is 6.05. The van der Waals surface area contributed by atoms with Crippen LogP contribution in [0.5, 0.6) is 5.75 Å². The molecule has 100 valence electrons. The van der Waals surface area contributed by atoms with E-state index in [1.165, 1.54) is 0 Å². The summed E-state index contributed by atoms with van der Waals surface area (Å²) in [7, 11) is 0. The summed E-state index contributed by atoms with van der Waals surface area (Å²) >= 11 is 1.88. The summed E-state index contributed by atoms with van der Waals surface area (Å²) in [4.78, 5) is 12.0. The molecule has 0 aliphatic carbocycles. The predicted molar refractivity (Wildman–Crippen MR) is 77.4 cm³/mol. The van der Waals surface area contributed by atoms with Crippen LogP contribution >= 0.6 is 11.8 Å². The van der Waals surface area contributed by atoms with Crippen LogP contribution in [0.1, 0.15) is 36.2 Å². The Labute approximate surface area is 113 Å². The molecule has 18 heavy (non-hydrogen) atoms. The van der Waals surface area contributed by atoms with Gasteiger partial charge in [-0.2, -0.15) is 11.8 Å². The third-order valence-corrected chi connectivity index (χ3v) is 3.67. The van der Waals surface area contributed by atoms with Gasteiger partial charge in [0.2, 0.25) is 0 Å². The molecule has 1 amide bonds. The van der Waals surface area contributed by atoms with Gasteiger partial charge in [-0.3, -0.25) is 4.79 Å². The molecule has 0 radical (unpaired) electrons. The van der Waals surface area contributed by atoms with Gasteiger partial charge in [0.15, 0.2) is 0 Å². The van der Waals surface area contributed by atoms with Crippen LogP contribution in [0.15, 0.2) is 18.2 Å². The summed E-state index contributed by atoms with van der Waals surface area (Å²) in [6.07, 6.45) is 0.974. The Hall–Kier alpha value is -1.16. The zero-order valence-corrected chi connectivity index (χ0v) is 12.0. The molecule has 0 aliphatic rings. The molecule has 1 aromatic rings. The van der Waals surface area contributed by atoms with E-state index >= 15 is 0 Å². The Morgan fingerprint density at radius 2 is 2.22 bits per heavy atom. The molecule has 1 atom stereocenters. The monoisotopic (exact) mass is 267 g/mol. The van der Waals surface area contributed by atoms with Crippen molar-refractivity contribution < 1.29 is 9.90 Å². The van der Waals surface area contributed by atoms with Crippen LogP contribution < -0.4 is 5.32 Å². The lowest BCUT2D eigenvalue weighted by Crippen LogP contribution is -2.32. The molecule has 0 saturated carbocycles. The van der Waals surface area contributed by atoms with Crippen molar-refractivity contribution in [3.8, 4) is 5.75 Å². The minimum atomic E-state index is -0.0768. The van der Waals surface area contributed by atoms with Gasteiger partial charge in [-0.25, -0.2) is 0 Å². The van der Waals surface area contributed by atoms with Gasteiger partial charge in [-0.1, -0.05) is 6.92 Å². The first kappa shape index (κ1) is 14.9. The quantitative estimate of drug-likeness (QED) is 0.779. The van der Waals surface area contributed by atoms with Crippen molar-refractivity contribution >= 4 is 17.7 Å². The van der Waals surface area contributed by atoms with E-state index in [0.29, 0.717) is 5.56 Å². The van der Waals surface area contributed by atoms with Gasteiger partial charge in [-0.15, -0.1) is 0 Å². The van der Waals surface area contributed by atoms with Crippen LogP contribution in [0.3, 0.4) is 0 Å². The lowest BCUT2D eigenvalue weighted by molar-refractivity contribution is 0.0939. The average molecular weight is 267 g/mol. The number of carbonyl (C=O) groups excluding carboxylic acids is 1. The molecule has 0 bridgehead atoms. The second-order valence-electron chi connectivity index (χ2n) is 4.36. The summed E-state index contributed by atoms with van der Waals surface area (Å²) in [6, 6.07) is 5.08. The summed E-state index contributed by atoms with van der Waals surface area (Å²) in [5.41, 5.74) is 1.32. The van der Waals surface area contributed by atoms with E-state index in [-0.39, 0.29) is 17.7 Å². The first-order chi connectivity index (χ1) is 8.54. The van der Waals surface area contributed by atoms with Crippen molar-refractivity contribution in [2.75, 3.05) is 11.5 Å². The van der Waals surface area contributed by atoms with E-state index in [9.17, 15) is 9.90 Å². The highest BCUT2D eigenvalue weighted by molar-refractivity contribution is 7.99. The van der Waals surface area contributed by atoms with Crippen LogP contribution in [-0.4, -0.2) is 28.6 Å². The standard InChI is InChI=1S/C14H21NO2S/c1-4-18-8-7-11(3)15-14(17)12-5-6-13(16)10(2)9-12/h5-6,9,11,16H,4,7-8H2,1-3H3,(H,15,17). The van der Waals surface area contributed by atoms with Gasteiger partial charge in [0, 0.05) is 11.6 Å². The lowest BCUT2D eigenvalue weighted by Gasteiger charge is -2.14. The lowest BCUT2D eigenvalue weighted by atomic mass is 10.1. The minimum Gasteiger partial charge on any atom is -0.508 e. The number of rotatable bonds is 6. The maximum atomic E-state index is 12.0. The zero-order chi connectivity index (χ0) is 13.5.